The summed E-state index contributed by atoms with van der Waals surface area (Å²) in [5.41, 5.74) is 2.62. The molecular formula is C23H19BrFN7O2. The number of aryl methyl sites for hydroxylation is 2. The summed E-state index contributed by atoms with van der Waals surface area (Å²) in [5.74, 6) is 0.161. The molecule has 3 aromatic heterocycles. The molecule has 1 N–H and O–H groups in total. The lowest BCUT2D eigenvalue weighted by Gasteiger charge is -2.38. The number of halogens is 2. The van der Waals surface area contributed by atoms with Crippen molar-refractivity contribution in [3.63, 3.8) is 0 Å². The molecule has 1 saturated carbocycles. The third-order valence-corrected chi connectivity index (χ3v) is 8.00. The minimum atomic E-state index is -0.910. The molecule has 2 saturated heterocycles. The lowest BCUT2D eigenvalue weighted by Crippen LogP contribution is -2.42. The average Bonchev–Trinajstić information content (AvgIpc) is 3.58. The van der Waals surface area contributed by atoms with E-state index in [1.807, 2.05) is 19.1 Å². The summed E-state index contributed by atoms with van der Waals surface area (Å²) in [6.45, 7) is 2.47. The maximum atomic E-state index is 15.7. The molecule has 2 aliphatic heterocycles. The fourth-order valence-corrected chi connectivity index (χ4v) is 6.17. The summed E-state index contributed by atoms with van der Waals surface area (Å²) in [5, 5.41) is 24.4. The van der Waals surface area contributed by atoms with Gasteiger partial charge < -0.3 is 14.6 Å². The monoisotopic (exact) mass is 523 g/mol. The van der Waals surface area contributed by atoms with E-state index in [1.165, 1.54) is 22.2 Å². The predicted octanol–water partition coefficient (Wildman–Crippen LogP) is 4.36. The molecule has 1 aliphatic carbocycles. The van der Waals surface area contributed by atoms with Gasteiger partial charge in [-0.3, -0.25) is 0 Å². The molecule has 9 nitrogen and oxygen atoms in total. The second-order valence-corrected chi connectivity index (χ2v) is 9.69. The van der Waals surface area contributed by atoms with Crippen LogP contribution >= 0.6 is 15.9 Å². The number of carbonyl (C=O) groups is 1. The minimum Gasteiger partial charge on any atom is -0.465 e. The largest absolute Gasteiger partial charge is 0.465 e. The van der Waals surface area contributed by atoms with Crippen LogP contribution in [0.4, 0.5) is 9.18 Å². The Hall–Kier alpha value is -3.52. The van der Waals surface area contributed by atoms with Crippen molar-refractivity contribution in [2.75, 3.05) is 6.54 Å². The lowest BCUT2D eigenvalue weighted by molar-refractivity contribution is 0.124. The summed E-state index contributed by atoms with van der Waals surface area (Å²) in [7, 11) is 0. The second kappa shape index (κ2) is 7.50. The number of amides is 1. The first-order valence-electron chi connectivity index (χ1n) is 10.9. The zero-order chi connectivity index (χ0) is 23.7. The summed E-state index contributed by atoms with van der Waals surface area (Å²) in [4.78, 5) is 22.0. The van der Waals surface area contributed by atoms with Crippen LogP contribution in [-0.4, -0.2) is 53.0 Å². The lowest BCUT2D eigenvalue weighted by atomic mass is 9.79. The van der Waals surface area contributed by atoms with Crippen LogP contribution in [0, 0.1) is 30.0 Å². The van der Waals surface area contributed by atoms with Crippen molar-refractivity contribution < 1.29 is 14.3 Å². The molecule has 0 unspecified atom stereocenters. The first-order chi connectivity index (χ1) is 16.4. The number of carboxylic acid groups (broad SMARTS) is 1. The van der Waals surface area contributed by atoms with Gasteiger partial charge in [-0.25, -0.2) is 23.8 Å². The SMILES string of the molecule is Cc1cc2c(-n3cncn3)nc3c(F)c(Br)c(CCC#N)cc3c2n1[C@H]1[C@@H]2C[C@H]1N(C(=O)O)C2. The van der Waals surface area contributed by atoms with E-state index in [1.54, 1.807) is 0 Å². The van der Waals surface area contributed by atoms with Crippen LogP contribution in [0.1, 0.15) is 30.1 Å². The first-order valence-corrected chi connectivity index (χ1v) is 11.7. The van der Waals surface area contributed by atoms with E-state index in [4.69, 9.17) is 5.26 Å². The van der Waals surface area contributed by atoms with Gasteiger partial charge in [-0.05, 0) is 53.4 Å². The van der Waals surface area contributed by atoms with Gasteiger partial charge in [0.25, 0.3) is 0 Å². The van der Waals surface area contributed by atoms with Crippen molar-refractivity contribution in [2.45, 2.75) is 38.3 Å². The molecule has 3 fully saturated rings. The Morgan fingerprint density at radius 1 is 1.38 bits per heavy atom. The van der Waals surface area contributed by atoms with E-state index in [2.05, 4.69) is 41.6 Å². The third-order valence-electron chi connectivity index (χ3n) is 7.14. The van der Waals surface area contributed by atoms with Crippen molar-refractivity contribution in [3.8, 4) is 11.9 Å². The van der Waals surface area contributed by atoms with Crippen molar-refractivity contribution in [1.29, 1.82) is 5.26 Å². The zero-order valence-corrected chi connectivity index (χ0v) is 19.7. The average molecular weight is 524 g/mol. The molecule has 11 heteroatoms. The van der Waals surface area contributed by atoms with E-state index in [-0.39, 0.29) is 29.9 Å². The Kier molecular flexibility index (Phi) is 4.64. The highest BCUT2D eigenvalue weighted by molar-refractivity contribution is 9.10. The Morgan fingerprint density at radius 3 is 2.88 bits per heavy atom. The van der Waals surface area contributed by atoms with Gasteiger partial charge in [-0.15, -0.1) is 0 Å². The number of pyridine rings is 1. The van der Waals surface area contributed by atoms with Crippen LogP contribution in [0.2, 0.25) is 0 Å². The van der Waals surface area contributed by atoms with Crippen LogP contribution in [0.3, 0.4) is 0 Å². The fourth-order valence-electron chi connectivity index (χ4n) is 5.66. The van der Waals surface area contributed by atoms with E-state index >= 15 is 4.39 Å². The summed E-state index contributed by atoms with van der Waals surface area (Å²) < 4.78 is 19.6. The molecule has 34 heavy (non-hydrogen) atoms. The zero-order valence-electron chi connectivity index (χ0n) is 18.1. The number of nitrogens with zero attached hydrogens (tertiary/aromatic N) is 7. The molecule has 3 aliphatic rings. The number of nitriles is 1. The highest BCUT2D eigenvalue weighted by atomic mass is 79.9. The Morgan fingerprint density at radius 2 is 2.21 bits per heavy atom. The maximum Gasteiger partial charge on any atom is 0.407 e. The van der Waals surface area contributed by atoms with Crippen LogP contribution in [0.5, 0.6) is 0 Å². The molecule has 5 heterocycles. The highest BCUT2D eigenvalue weighted by Crippen LogP contribution is 2.52. The molecule has 3 atom stereocenters. The maximum absolute atomic E-state index is 15.7. The first kappa shape index (κ1) is 21.0. The normalized spacial score (nSPS) is 21.2. The van der Waals surface area contributed by atoms with Crippen LogP contribution in [-0.2, 0) is 6.42 Å². The number of hydrogen-bond donors (Lipinski definition) is 1. The number of hydrogen-bond acceptors (Lipinski definition) is 5. The van der Waals surface area contributed by atoms with Gasteiger partial charge in [-0.2, -0.15) is 10.4 Å². The van der Waals surface area contributed by atoms with Crippen LogP contribution < -0.4 is 0 Å². The topological polar surface area (TPSA) is 113 Å². The number of benzene rings is 1. The summed E-state index contributed by atoms with van der Waals surface area (Å²) >= 11 is 3.36. The second-order valence-electron chi connectivity index (χ2n) is 8.90. The molecule has 172 valence electrons. The van der Waals surface area contributed by atoms with Crippen LogP contribution in [0.25, 0.3) is 27.6 Å². The smallest absolute Gasteiger partial charge is 0.407 e. The minimum absolute atomic E-state index is 0.0305. The molecule has 1 aromatic carbocycles. The Labute approximate surface area is 201 Å². The third kappa shape index (κ3) is 2.81. The highest BCUT2D eigenvalue weighted by Gasteiger charge is 2.55. The standard InChI is InChI=1S/C23H19BrFN7O2/c1-11-5-15-21(32(11)20-13-7-16(20)30(8-13)23(33)34)14-6-12(3-2-4-26)17(24)18(25)19(14)29-22(15)31-10-27-9-28-31/h5-6,9-10,13,16,20H,2-3,7-8H2,1H3,(H,33,34)/t13-,16-,20+/m1/s1. The van der Waals surface area contributed by atoms with Gasteiger partial charge in [0, 0.05) is 35.3 Å². The quantitative estimate of drug-likeness (QED) is 0.425. The Bertz CT molecular complexity index is 1520. The molecule has 4 aromatic rings. The molecular weight excluding hydrogens is 505 g/mol. The van der Waals surface area contributed by atoms with Crippen LogP contribution in [0.15, 0.2) is 29.3 Å². The van der Waals surface area contributed by atoms with E-state index in [0.29, 0.717) is 34.2 Å². The molecule has 0 spiro atoms. The van der Waals surface area contributed by atoms with Crippen molar-refractivity contribution in [1.82, 2.24) is 29.2 Å². The van der Waals surface area contributed by atoms with E-state index in [9.17, 15) is 9.90 Å². The number of aromatic nitrogens is 5. The molecule has 2 bridgehead atoms. The van der Waals surface area contributed by atoms with E-state index in [0.717, 1.165) is 23.0 Å². The molecule has 7 rings (SSSR count). The van der Waals surface area contributed by atoms with Gasteiger partial charge in [0.15, 0.2) is 11.6 Å². The van der Waals surface area contributed by atoms with Gasteiger partial charge in [-0.1, -0.05) is 0 Å². The van der Waals surface area contributed by atoms with Gasteiger partial charge in [0.2, 0.25) is 0 Å². The number of fused-ring (bicyclic) bond motifs is 4. The molecule has 0 radical (unpaired) electrons. The Balaban J connectivity index is 1.68. The van der Waals surface area contributed by atoms with Gasteiger partial charge >= 0.3 is 6.09 Å². The van der Waals surface area contributed by atoms with Crippen molar-refractivity contribution >= 4 is 43.8 Å². The van der Waals surface area contributed by atoms with Gasteiger partial charge in [0.05, 0.1) is 28.1 Å². The van der Waals surface area contributed by atoms with Crippen molar-refractivity contribution in [3.05, 3.63) is 46.3 Å². The van der Waals surface area contributed by atoms with Gasteiger partial charge in [0.1, 0.15) is 18.2 Å². The van der Waals surface area contributed by atoms with Crippen molar-refractivity contribution in [2.24, 2.45) is 5.92 Å². The molecule has 1 amide bonds. The number of rotatable bonds is 4. The predicted molar refractivity (Wildman–Crippen MR) is 124 cm³/mol. The summed E-state index contributed by atoms with van der Waals surface area (Å²) in [6, 6.07) is 5.86. The van der Waals surface area contributed by atoms with E-state index < -0.39 is 11.9 Å². The summed E-state index contributed by atoms with van der Waals surface area (Å²) in [6.07, 6.45) is 3.49. The fraction of sp³-hybridized carbons (Fsp3) is 0.348.